The van der Waals surface area contributed by atoms with Gasteiger partial charge in [-0.05, 0) is 49.1 Å². The van der Waals surface area contributed by atoms with E-state index in [4.69, 9.17) is 8.97 Å². The molecule has 4 aromatic rings. The van der Waals surface area contributed by atoms with Crippen molar-refractivity contribution in [3.05, 3.63) is 104 Å². The Bertz CT molecular complexity index is 1880. The number of hydrogen-bond donors (Lipinski definition) is 1. The SMILES string of the molecule is CCCN(CCC)c1ccc2c(C)c(/C=C/c3ccc(C(=O)c4c(F)c(F)c(S(=O)(=O)O)c(F)c4F)cc3)c(=O)oc2c1. The Morgan fingerprint density at radius 3 is 2.02 bits per heavy atom. The molecule has 1 aromatic heterocycles. The zero-order valence-electron chi connectivity index (χ0n) is 23.4. The molecular weight excluding hydrogens is 590 g/mol. The van der Waals surface area contributed by atoms with Crippen molar-refractivity contribution in [3.63, 3.8) is 0 Å². The highest BCUT2D eigenvalue weighted by molar-refractivity contribution is 7.85. The van der Waals surface area contributed by atoms with E-state index in [0.29, 0.717) is 16.7 Å². The molecule has 0 aliphatic heterocycles. The average molecular weight is 618 g/mol. The van der Waals surface area contributed by atoms with Gasteiger partial charge in [-0.1, -0.05) is 44.2 Å². The van der Waals surface area contributed by atoms with Gasteiger partial charge < -0.3 is 9.32 Å². The summed E-state index contributed by atoms with van der Waals surface area (Å²) in [5.41, 5.74) is 0.240. The molecule has 0 saturated carbocycles. The van der Waals surface area contributed by atoms with Gasteiger partial charge in [0.1, 0.15) is 11.1 Å². The monoisotopic (exact) mass is 617 g/mol. The average Bonchev–Trinajstić information content (AvgIpc) is 2.95. The Morgan fingerprint density at radius 1 is 0.907 bits per heavy atom. The predicted octanol–water partition coefficient (Wildman–Crippen LogP) is 6.93. The van der Waals surface area contributed by atoms with E-state index in [1.54, 1.807) is 13.0 Å². The summed E-state index contributed by atoms with van der Waals surface area (Å²) in [4.78, 5) is 25.5. The summed E-state index contributed by atoms with van der Waals surface area (Å²) in [6.45, 7) is 7.70. The summed E-state index contributed by atoms with van der Waals surface area (Å²) >= 11 is 0. The Balaban J connectivity index is 1.63. The van der Waals surface area contributed by atoms with E-state index >= 15 is 0 Å². The minimum Gasteiger partial charge on any atom is -0.422 e. The van der Waals surface area contributed by atoms with E-state index < -0.39 is 55.3 Å². The van der Waals surface area contributed by atoms with Crippen LogP contribution in [0.4, 0.5) is 23.2 Å². The fourth-order valence-electron chi connectivity index (χ4n) is 4.76. The zero-order chi connectivity index (χ0) is 31.6. The minimum atomic E-state index is -5.66. The van der Waals surface area contributed by atoms with Crippen molar-refractivity contribution in [1.29, 1.82) is 0 Å². The van der Waals surface area contributed by atoms with Crippen LogP contribution in [-0.4, -0.2) is 31.8 Å². The molecule has 0 saturated heterocycles. The highest BCUT2D eigenvalue weighted by Crippen LogP contribution is 2.30. The second-order valence-corrected chi connectivity index (χ2v) is 11.2. The van der Waals surface area contributed by atoms with Gasteiger partial charge in [0.25, 0.3) is 0 Å². The molecule has 0 aliphatic carbocycles. The van der Waals surface area contributed by atoms with Gasteiger partial charge in [-0.25, -0.2) is 22.4 Å². The zero-order valence-corrected chi connectivity index (χ0v) is 24.2. The summed E-state index contributed by atoms with van der Waals surface area (Å²) < 4.78 is 94.0. The molecule has 43 heavy (non-hydrogen) atoms. The Kier molecular flexibility index (Phi) is 9.21. The van der Waals surface area contributed by atoms with Crippen LogP contribution in [0.15, 0.2) is 56.6 Å². The number of carbonyl (C=O) groups is 1. The predicted molar refractivity (Wildman–Crippen MR) is 155 cm³/mol. The summed E-state index contributed by atoms with van der Waals surface area (Å²) in [5, 5.41) is 0.750. The first-order chi connectivity index (χ1) is 20.3. The summed E-state index contributed by atoms with van der Waals surface area (Å²) in [6, 6.07) is 10.7. The molecule has 4 rings (SSSR count). The second kappa shape index (κ2) is 12.5. The fraction of sp³-hybridized carbons (Fsp3) is 0.226. The lowest BCUT2D eigenvalue weighted by Crippen LogP contribution is -2.24. The smallest absolute Gasteiger partial charge is 0.343 e. The summed E-state index contributed by atoms with van der Waals surface area (Å²) in [6.07, 6.45) is 4.99. The van der Waals surface area contributed by atoms with E-state index in [9.17, 15) is 35.6 Å². The normalized spacial score (nSPS) is 11.9. The van der Waals surface area contributed by atoms with Crippen molar-refractivity contribution in [1.82, 2.24) is 0 Å². The molecule has 0 radical (unpaired) electrons. The van der Waals surface area contributed by atoms with Crippen LogP contribution in [0.3, 0.4) is 0 Å². The molecule has 0 fully saturated rings. The number of fused-ring (bicyclic) bond motifs is 1. The number of rotatable bonds is 10. The number of ketones is 1. The molecule has 0 bridgehead atoms. The van der Waals surface area contributed by atoms with Gasteiger partial charge >= 0.3 is 15.7 Å². The van der Waals surface area contributed by atoms with Gasteiger partial charge in [0.2, 0.25) is 0 Å². The molecule has 1 N–H and O–H groups in total. The van der Waals surface area contributed by atoms with Crippen molar-refractivity contribution < 1.29 is 39.7 Å². The molecule has 0 spiro atoms. The lowest BCUT2D eigenvalue weighted by molar-refractivity contribution is 0.102. The van der Waals surface area contributed by atoms with Crippen LogP contribution < -0.4 is 10.5 Å². The maximum atomic E-state index is 14.4. The lowest BCUT2D eigenvalue weighted by Gasteiger charge is -2.24. The van der Waals surface area contributed by atoms with Crippen LogP contribution in [-0.2, 0) is 10.1 Å². The Hall–Kier alpha value is -4.29. The molecule has 1 heterocycles. The third kappa shape index (κ3) is 6.25. The first-order valence-corrected chi connectivity index (χ1v) is 14.7. The maximum absolute atomic E-state index is 14.4. The third-order valence-electron chi connectivity index (χ3n) is 6.87. The Morgan fingerprint density at radius 2 is 1.49 bits per heavy atom. The quantitative estimate of drug-likeness (QED) is 0.0676. The van der Waals surface area contributed by atoms with Crippen LogP contribution in [0.5, 0.6) is 0 Å². The fourth-order valence-corrected chi connectivity index (χ4v) is 5.40. The van der Waals surface area contributed by atoms with Crippen molar-refractivity contribution in [2.24, 2.45) is 0 Å². The Labute approximate surface area is 244 Å². The molecule has 7 nitrogen and oxygen atoms in total. The van der Waals surface area contributed by atoms with E-state index in [2.05, 4.69) is 18.7 Å². The van der Waals surface area contributed by atoms with Crippen molar-refractivity contribution in [2.45, 2.75) is 38.5 Å². The molecular formula is C31H27F4NO6S. The molecule has 12 heteroatoms. The largest absolute Gasteiger partial charge is 0.422 e. The molecule has 0 atom stereocenters. The number of hydrogen-bond acceptors (Lipinski definition) is 6. The first-order valence-electron chi connectivity index (χ1n) is 13.3. The van der Waals surface area contributed by atoms with Crippen molar-refractivity contribution in [2.75, 3.05) is 18.0 Å². The summed E-state index contributed by atoms with van der Waals surface area (Å²) in [5.74, 6) is -10.9. The van der Waals surface area contributed by atoms with Gasteiger partial charge in [0.15, 0.2) is 33.9 Å². The highest BCUT2D eigenvalue weighted by Gasteiger charge is 2.34. The van der Waals surface area contributed by atoms with E-state index in [0.717, 1.165) is 49.1 Å². The summed E-state index contributed by atoms with van der Waals surface area (Å²) in [7, 11) is -5.66. The van der Waals surface area contributed by atoms with Crippen LogP contribution in [0, 0.1) is 30.2 Å². The number of benzene rings is 3. The number of halogens is 4. The molecule has 0 unspecified atom stereocenters. The molecule has 0 aliphatic rings. The van der Waals surface area contributed by atoms with E-state index in [1.807, 2.05) is 18.2 Å². The first kappa shape index (κ1) is 31.6. The number of aryl methyl sites for hydroxylation is 1. The standard InChI is InChI=1S/C31H27F4NO6S/c1-4-14-36(15-5-2)20-11-13-21-17(3)22(31(38)42-23(21)16-20)12-8-18-6-9-19(10-7-18)29(37)24-25(32)27(34)30(43(39,40)41)28(35)26(24)33/h6-13,16H,4-5,14-15H2,1-3H3,(H,39,40,41)/b12-8+. The molecule has 0 amide bonds. The van der Waals surface area contributed by atoms with Crippen molar-refractivity contribution in [3.8, 4) is 0 Å². The lowest BCUT2D eigenvalue weighted by atomic mass is 10.00. The number of anilines is 1. The van der Waals surface area contributed by atoms with E-state index in [1.165, 1.54) is 18.2 Å². The van der Waals surface area contributed by atoms with Crippen LogP contribution >= 0.6 is 0 Å². The van der Waals surface area contributed by atoms with Gasteiger partial charge in [-0.3, -0.25) is 9.35 Å². The highest BCUT2D eigenvalue weighted by atomic mass is 32.2. The molecule has 3 aromatic carbocycles. The topological polar surface area (TPSA) is 105 Å². The van der Waals surface area contributed by atoms with E-state index in [-0.39, 0.29) is 11.1 Å². The second-order valence-electron chi connectivity index (χ2n) is 9.82. The van der Waals surface area contributed by atoms with Gasteiger partial charge in [0.05, 0.1) is 5.56 Å². The third-order valence-corrected chi connectivity index (χ3v) is 7.75. The van der Waals surface area contributed by atoms with Crippen LogP contribution in [0.2, 0.25) is 0 Å². The number of nitrogens with zero attached hydrogens (tertiary/aromatic N) is 1. The molecule has 226 valence electrons. The van der Waals surface area contributed by atoms with Gasteiger partial charge in [-0.2, -0.15) is 8.42 Å². The maximum Gasteiger partial charge on any atom is 0.343 e. The van der Waals surface area contributed by atoms with Crippen LogP contribution in [0.25, 0.3) is 23.1 Å². The minimum absolute atomic E-state index is 0.286. The van der Waals surface area contributed by atoms with Gasteiger partial charge in [0, 0.05) is 35.8 Å². The van der Waals surface area contributed by atoms with Gasteiger partial charge in [-0.15, -0.1) is 0 Å². The van der Waals surface area contributed by atoms with Crippen LogP contribution in [0.1, 0.15) is 59.3 Å². The van der Waals surface area contributed by atoms with Crippen molar-refractivity contribution >= 4 is 44.7 Å². The number of carbonyl (C=O) groups excluding carboxylic acids is 1.